The van der Waals surface area contributed by atoms with Gasteiger partial charge in [-0.05, 0) is 36.5 Å². The number of rotatable bonds is 5. The molecule has 5 nitrogen and oxygen atoms in total. The zero-order valence-corrected chi connectivity index (χ0v) is 17.8. The van der Waals surface area contributed by atoms with Gasteiger partial charge in [0, 0.05) is 12.3 Å². The molecule has 2 aliphatic rings. The molecule has 1 aromatic carbocycles. The first-order valence-electron chi connectivity index (χ1n) is 10.3. The van der Waals surface area contributed by atoms with Crippen molar-refractivity contribution in [2.45, 2.75) is 70.3 Å². The summed E-state index contributed by atoms with van der Waals surface area (Å²) < 4.78 is 17.6. The lowest BCUT2D eigenvalue weighted by molar-refractivity contribution is 0.0956. The van der Waals surface area contributed by atoms with Gasteiger partial charge in [0.1, 0.15) is 6.08 Å². The van der Waals surface area contributed by atoms with Gasteiger partial charge < -0.3 is 4.43 Å². The summed E-state index contributed by atoms with van der Waals surface area (Å²) >= 11 is 0. The van der Waals surface area contributed by atoms with Crippen LogP contribution in [0.5, 0.6) is 0 Å². The molecule has 0 amide bonds. The van der Waals surface area contributed by atoms with E-state index < -0.39 is 14.4 Å². The maximum atomic E-state index is 12.6. The summed E-state index contributed by atoms with van der Waals surface area (Å²) in [6.07, 6.45) is 0.990. The van der Waals surface area contributed by atoms with Gasteiger partial charge in [-0.15, -0.1) is 5.10 Å². The first-order chi connectivity index (χ1) is 13.0. The third kappa shape index (κ3) is 3.41. The van der Waals surface area contributed by atoms with Crippen LogP contribution < -0.4 is 0 Å². The Morgan fingerprint density at radius 3 is 2.52 bits per heavy atom. The summed E-state index contributed by atoms with van der Waals surface area (Å²) in [4.78, 5) is 17.1. The zero-order valence-electron chi connectivity index (χ0n) is 17.8. The summed E-state index contributed by atoms with van der Waals surface area (Å²) in [7, 11) is -2.22. The van der Waals surface area contributed by atoms with Gasteiger partial charge in [-0.2, -0.15) is 0 Å². The second kappa shape index (κ2) is 6.38. The molecule has 0 saturated heterocycles. The number of carbonyl (C=O) groups excluding carboxylic acids is 1. The Labute approximate surface area is 163 Å². The van der Waals surface area contributed by atoms with Crippen molar-refractivity contribution in [1.29, 1.82) is 0 Å². The molecule has 0 bridgehead atoms. The summed E-state index contributed by atoms with van der Waals surface area (Å²) in [5.74, 6) is 0.770. The van der Waals surface area contributed by atoms with Gasteiger partial charge in [0.15, 0.2) is 14.1 Å². The summed E-state index contributed by atoms with van der Waals surface area (Å²) in [5, 5.41) is 4.54. The van der Waals surface area contributed by atoms with Gasteiger partial charge in [-0.1, -0.05) is 51.1 Å². The molecule has 1 fully saturated rings. The summed E-state index contributed by atoms with van der Waals surface area (Å²) in [6, 6.07) is 9.88. The third-order valence-corrected chi connectivity index (χ3v) is 10.5. The molecule has 27 heavy (non-hydrogen) atoms. The SMILES string of the molecule is [2H][C@]1(O[Si](C)(C)C(C)(C)C)C[C@@H](c2ccccc2)n2nc(C(=O)C3CC3)nc21. The maximum absolute atomic E-state index is 12.6. The highest BCUT2D eigenvalue weighted by atomic mass is 28.4. The largest absolute Gasteiger partial charge is 0.407 e. The molecule has 1 saturated carbocycles. The molecule has 2 heterocycles. The van der Waals surface area contributed by atoms with Crippen molar-refractivity contribution < 1.29 is 10.6 Å². The number of hydrogen-bond donors (Lipinski definition) is 0. The zero-order chi connectivity index (χ0) is 20.3. The van der Waals surface area contributed by atoms with Crippen molar-refractivity contribution >= 4 is 14.1 Å². The maximum Gasteiger partial charge on any atom is 0.217 e. The van der Waals surface area contributed by atoms with E-state index in [1.54, 1.807) is 4.68 Å². The topological polar surface area (TPSA) is 57.0 Å². The van der Waals surface area contributed by atoms with Crippen molar-refractivity contribution in [1.82, 2.24) is 14.8 Å². The fraction of sp³-hybridized carbons (Fsp3) is 0.571. The van der Waals surface area contributed by atoms with Gasteiger partial charge in [-0.3, -0.25) is 4.79 Å². The molecular formula is C21H29N3O2Si. The van der Waals surface area contributed by atoms with Gasteiger partial charge in [0.25, 0.3) is 0 Å². The highest BCUT2D eigenvalue weighted by molar-refractivity contribution is 6.74. The molecule has 6 heteroatoms. The molecule has 0 N–H and O–H groups in total. The van der Waals surface area contributed by atoms with Crippen LogP contribution in [0.4, 0.5) is 0 Å². The molecule has 1 aromatic heterocycles. The van der Waals surface area contributed by atoms with E-state index in [4.69, 9.17) is 4.43 Å². The Kier molecular flexibility index (Phi) is 4.09. The van der Waals surface area contributed by atoms with Crippen LogP contribution in [-0.4, -0.2) is 28.9 Å². The van der Waals surface area contributed by atoms with Crippen molar-refractivity contribution in [2.24, 2.45) is 5.92 Å². The molecule has 0 spiro atoms. The molecule has 4 rings (SSSR count). The summed E-state index contributed by atoms with van der Waals surface area (Å²) in [6.45, 7) is 10.8. The monoisotopic (exact) mass is 384 g/mol. The number of nitrogens with zero attached hydrogens (tertiary/aromatic N) is 3. The second-order valence-corrected chi connectivity index (χ2v) is 14.0. The van der Waals surface area contributed by atoms with Crippen LogP contribution in [0.2, 0.25) is 18.1 Å². The number of benzene rings is 1. The van der Waals surface area contributed by atoms with E-state index in [-0.39, 0.29) is 28.6 Å². The van der Waals surface area contributed by atoms with Gasteiger partial charge in [0.2, 0.25) is 11.6 Å². The highest BCUT2D eigenvalue weighted by Crippen LogP contribution is 2.45. The average molecular weight is 385 g/mol. The van der Waals surface area contributed by atoms with E-state index in [9.17, 15) is 6.17 Å². The van der Waals surface area contributed by atoms with Crippen LogP contribution >= 0.6 is 0 Å². The fourth-order valence-corrected chi connectivity index (χ4v) is 4.30. The summed E-state index contributed by atoms with van der Waals surface area (Å²) in [5.41, 5.74) is 1.06. The van der Waals surface area contributed by atoms with E-state index in [0.717, 1.165) is 18.4 Å². The normalized spacial score (nSPS) is 26.0. The van der Waals surface area contributed by atoms with Crippen LogP contribution in [0.25, 0.3) is 0 Å². The van der Waals surface area contributed by atoms with Gasteiger partial charge in [-0.25, -0.2) is 9.67 Å². The van der Waals surface area contributed by atoms with E-state index >= 15 is 0 Å². The molecule has 144 valence electrons. The Balaban J connectivity index is 1.76. The average Bonchev–Trinajstić information content (AvgIpc) is 3.30. The highest BCUT2D eigenvalue weighted by Gasteiger charge is 2.45. The Morgan fingerprint density at radius 2 is 1.93 bits per heavy atom. The number of carbonyl (C=O) groups is 1. The van der Waals surface area contributed by atoms with E-state index in [0.29, 0.717) is 12.2 Å². The molecule has 0 radical (unpaired) electrons. The fourth-order valence-electron chi connectivity index (χ4n) is 3.20. The van der Waals surface area contributed by atoms with Crippen LogP contribution in [0.3, 0.4) is 0 Å². The minimum absolute atomic E-state index is 0.00314. The van der Waals surface area contributed by atoms with Crippen LogP contribution in [0, 0.1) is 5.92 Å². The first kappa shape index (κ1) is 17.3. The van der Waals surface area contributed by atoms with Gasteiger partial charge >= 0.3 is 0 Å². The minimum Gasteiger partial charge on any atom is -0.407 e. The first-order valence-corrected chi connectivity index (χ1v) is 12.7. The van der Waals surface area contributed by atoms with E-state index in [2.05, 4.69) is 43.9 Å². The molecule has 1 aliphatic heterocycles. The molecule has 2 aromatic rings. The lowest BCUT2D eigenvalue weighted by Gasteiger charge is -2.38. The lowest BCUT2D eigenvalue weighted by Crippen LogP contribution is -2.41. The van der Waals surface area contributed by atoms with E-state index in [1.165, 1.54) is 0 Å². The third-order valence-electron chi connectivity index (χ3n) is 6.09. The standard InChI is InChI=1S/C21H29N3O2Si/c1-21(2,3)27(4,5)26-17-13-16(14-9-7-6-8-10-14)24-20(17)22-19(23-24)18(25)15-11-12-15/h6-10,15-17H,11-13H2,1-5H3/t16-,17-/m0/s1/i17D. The lowest BCUT2D eigenvalue weighted by atomic mass is 10.0. The predicted octanol–water partition coefficient (Wildman–Crippen LogP) is 4.93. The predicted molar refractivity (Wildman–Crippen MR) is 107 cm³/mol. The molecule has 0 unspecified atom stereocenters. The van der Waals surface area contributed by atoms with Crippen LogP contribution in [0.1, 0.15) is 75.5 Å². The Morgan fingerprint density at radius 1 is 1.26 bits per heavy atom. The van der Waals surface area contributed by atoms with Crippen LogP contribution in [-0.2, 0) is 4.43 Å². The number of Topliss-reactive ketones (excluding diaryl/α,β-unsaturated/α-hetero) is 1. The van der Waals surface area contributed by atoms with Crippen LogP contribution in [0.15, 0.2) is 30.3 Å². The number of fused-ring (bicyclic) bond motifs is 1. The smallest absolute Gasteiger partial charge is 0.217 e. The Bertz CT molecular complexity index is 902. The molecular weight excluding hydrogens is 354 g/mol. The number of ketones is 1. The number of aromatic nitrogens is 3. The van der Waals surface area contributed by atoms with Crippen molar-refractivity contribution in [2.75, 3.05) is 0 Å². The van der Waals surface area contributed by atoms with Crippen molar-refractivity contribution in [3.05, 3.63) is 47.5 Å². The Hall–Kier alpha value is -1.79. The minimum atomic E-state index is -2.22. The number of hydrogen-bond acceptors (Lipinski definition) is 4. The quantitative estimate of drug-likeness (QED) is 0.542. The molecule has 1 aliphatic carbocycles. The molecule has 2 atom stereocenters. The van der Waals surface area contributed by atoms with Crippen molar-refractivity contribution in [3.63, 3.8) is 0 Å². The van der Waals surface area contributed by atoms with Crippen molar-refractivity contribution in [3.8, 4) is 0 Å². The second-order valence-electron chi connectivity index (χ2n) is 9.26. The van der Waals surface area contributed by atoms with E-state index in [1.807, 2.05) is 30.3 Å². The van der Waals surface area contributed by atoms with Gasteiger partial charge in [0.05, 0.1) is 7.41 Å².